The first-order chi connectivity index (χ1) is 9.08. The summed E-state index contributed by atoms with van der Waals surface area (Å²) >= 11 is 0. The molecule has 2 rings (SSSR count). The van der Waals surface area contributed by atoms with E-state index in [0.29, 0.717) is 0 Å². The molecule has 2 aromatic rings. The van der Waals surface area contributed by atoms with E-state index < -0.39 is 10.8 Å². The molecule has 0 aliphatic heterocycles. The number of rotatable bonds is 4. The third-order valence-corrected chi connectivity index (χ3v) is 2.50. The average Bonchev–Trinajstić information content (AvgIpc) is 2.89. The van der Waals surface area contributed by atoms with Crippen LogP contribution in [0, 0.1) is 10.1 Å². The van der Waals surface area contributed by atoms with Gasteiger partial charge in [-0.25, -0.2) is 0 Å². The lowest BCUT2D eigenvalue weighted by atomic mass is 10.1. The van der Waals surface area contributed by atoms with Crippen molar-refractivity contribution >= 4 is 17.3 Å². The van der Waals surface area contributed by atoms with Crippen LogP contribution in [0.2, 0.25) is 0 Å². The van der Waals surface area contributed by atoms with Gasteiger partial charge in [-0.2, -0.15) is 5.10 Å². The van der Waals surface area contributed by atoms with E-state index in [1.165, 1.54) is 12.1 Å². The van der Waals surface area contributed by atoms with E-state index in [0.717, 1.165) is 11.6 Å². The lowest BCUT2D eigenvalue weighted by Crippen LogP contribution is -2.23. The molecular formula is C11H11N5O3. The van der Waals surface area contributed by atoms with Crippen molar-refractivity contribution < 1.29 is 9.72 Å². The van der Waals surface area contributed by atoms with Crippen molar-refractivity contribution in [1.82, 2.24) is 15.5 Å². The fraction of sp³-hybridized carbons (Fsp3) is 0.0909. The quantitative estimate of drug-likeness (QED) is 0.426. The van der Waals surface area contributed by atoms with Crippen LogP contribution in [-0.4, -0.2) is 21.0 Å². The van der Waals surface area contributed by atoms with Crippen LogP contribution < -0.4 is 11.1 Å². The first kappa shape index (κ1) is 12.6. The highest BCUT2D eigenvalue weighted by Crippen LogP contribution is 2.19. The molecule has 0 aliphatic rings. The number of H-pyrrole nitrogens is 1. The van der Waals surface area contributed by atoms with Crippen molar-refractivity contribution in [3.05, 3.63) is 51.8 Å². The predicted octanol–water partition coefficient (Wildman–Crippen LogP) is 0.830. The van der Waals surface area contributed by atoms with Gasteiger partial charge in [0.2, 0.25) is 0 Å². The fourth-order valence-electron chi connectivity index (χ4n) is 1.51. The van der Waals surface area contributed by atoms with E-state index in [-0.39, 0.29) is 23.5 Å². The smallest absolute Gasteiger partial charge is 0.270 e. The predicted molar refractivity (Wildman–Crippen MR) is 67.3 cm³/mol. The summed E-state index contributed by atoms with van der Waals surface area (Å²) in [6.07, 6.45) is 3.20. The molecule has 8 nitrogen and oxygen atoms in total. The molecule has 0 saturated carbocycles. The van der Waals surface area contributed by atoms with Gasteiger partial charge in [-0.05, 0) is 6.07 Å². The number of non-ortho nitro benzene ring substituents is 1. The Balaban J connectivity index is 2.14. The van der Waals surface area contributed by atoms with Crippen molar-refractivity contribution in [2.24, 2.45) is 0 Å². The molecule has 0 saturated heterocycles. The maximum Gasteiger partial charge on any atom is 0.270 e. The summed E-state index contributed by atoms with van der Waals surface area (Å²) in [6, 6.07) is 3.74. The molecule has 0 aliphatic carbocycles. The van der Waals surface area contributed by atoms with E-state index in [1.54, 1.807) is 12.4 Å². The zero-order chi connectivity index (χ0) is 13.8. The number of aromatic nitrogens is 2. The molecule has 0 atom stereocenters. The normalized spacial score (nSPS) is 10.1. The van der Waals surface area contributed by atoms with Crippen LogP contribution in [0.3, 0.4) is 0 Å². The molecule has 1 amide bonds. The molecular weight excluding hydrogens is 250 g/mol. The Morgan fingerprint density at radius 2 is 2.32 bits per heavy atom. The van der Waals surface area contributed by atoms with Crippen molar-refractivity contribution in [3.63, 3.8) is 0 Å². The summed E-state index contributed by atoms with van der Waals surface area (Å²) in [4.78, 5) is 22.0. The standard InChI is InChI=1S/C11H11N5O3/c12-10-2-1-8(16(18)19)3-9(10)11(17)13-4-7-5-14-15-6-7/h1-3,5-6H,4,12H2,(H,13,17)(H,14,15). The summed E-state index contributed by atoms with van der Waals surface area (Å²) < 4.78 is 0. The van der Waals surface area contributed by atoms with Gasteiger partial charge in [-0.1, -0.05) is 0 Å². The number of aromatic amines is 1. The van der Waals surface area contributed by atoms with Crippen molar-refractivity contribution in [3.8, 4) is 0 Å². The van der Waals surface area contributed by atoms with Gasteiger partial charge >= 0.3 is 0 Å². The van der Waals surface area contributed by atoms with Gasteiger partial charge in [-0.3, -0.25) is 20.0 Å². The lowest BCUT2D eigenvalue weighted by Gasteiger charge is -2.06. The Bertz CT molecular complexity index is 609. The number of nitro benzene ring substituents is 1. The third-order valence-electron chi connectivity index (χ3n) is 2.50. The lowest BCUT2D eigenvalue weighted by molar-refractivity contribution is -0.384. The van der Waals surface area contributed by atoms with Gasteiger partial charge < -0.3 is 11.1 Å². The number of carbonyl (C=O) groups excluding carboxylic acids is 1. The van der Waals surface area contributed by atoms with Gasteiger partial charge in [0.1, 0.15) is 0 Å². The zero-order valence-electron chi connectivity index (χ0n) is 9.79. The van der Waals surface area contributed by atoms with Gasteiger partial charge in [0.05, 0.1) is 16.7 Å². The molecule has 0 bridgehead atoms. The number of hydrogen-bond donors (Lipinski definition) is 3. The number of carbonyl (C=O) groups is 1. The van der Waals surface area contributed by atoms with E-state index >= 15 is 0 Å². The second kappa shape index (κ2) is 5.17. The van der Waals surface area contributed by atoms with Gasteiger partial charge in [0.25, 0.3) is 11.6 Å². The highest BCUT2D eigenvalue weighted by molar-refractivity contribution is 5.99. The minimum atomic E-state index is -0.577. The Morgan fingerprint density at radius 1 is 1.53 bits per heavy atom. The van der Waals surface area contributed by atoms with E-state index in [2.05, 4.69) is 15.5 Å². The second-order valence-corrected chi connectivity index (χ2v) is 3.82. The van der Waals surface area contributed by atoms with Crippen LogP contribution in [0.5, 0.6) is 0 Å². The van der Waals surface area contributed by atoms with Crippen LogP contribution in [0.4, 0.5) is 11.4 Å². The molecule has 0 fully saturated rings. The molecule has 0 radical (unpaired) electrons. The van der Waals surface area contributed by atoms with Gasteiger partial charge in [0.15, 0.2) is 0 Å². The number of anilines is 1. The van der Waals surface area contributed by atoms with Crippen LogP contribution in [0.25, 0.3) is 0 Å². The maximum atomic E-state index is 11.9. The number of nitro groups is 1. The molecule has 1 heterocycles. The summed E-state index contributed by atoms with van der Waals surface area (Å²) in [7, 11) is 0. The summed E-state index contributed by atoms with van der Waals surface area (Å²) in [5.74, 6) is -0.470. The largest absolute Gasteiger partial charge is 0.398 e. The van der Waals surface area contributed by atoms with Crippen molar-refractivity contribution in [2.75, 3.05) is 5.73 Å². The fourth-order valence-corrected chi connectivity index (χ4v) is 1.51. The van der Waals surface area contributed by atoms with Crippen LogP contribution in [0.15, 0.2) is 30.6 Å². The van der Waals surface area contributed by atoms with Crippen LogP contribution >= 0.6 is 0 Å². The van der Waals surface area contributed by atoms with Crippen LogP contribution in [0.1, 0.15) is 15.9 Å². The molecule has 0 spiro atoms. The Labute approximate surface area is 107 Å². The molecule has 0 unspecified atom stereocenters. The summed E-state index contributed by atoms with van der Waals surface area (Å²) in [6.45, 7) is 0.261. The van der Waals surface area contributed by atoms with E-state index in [4.69, 9.17) is 5.73 Å². The molecule has 98 valence electrons. The minimum absolute atomic E-state index is 0.0812. The molecule has 1 aromatic heterocycles. The van der Waals surface area contributed by atoms with Gasteiger partial charge in [0, 0.05) is 36.1 Å². The number of nitrogens with one attached hydrogen (secondary N) is 2. The Hall–Kier alpha value is -2.90. The first-order valence-electron chi connectivity index (χ1n) is 5.37. The minimum Gasteiger partial charge on any atom is -0.398 e. The molecule has 4 N–H and O–H groups in total. The average molecular weight is 261 g/mol. The molecule has 19 heavy (non-hydrogen) atoms. The summed E-state index contributed by atoms with van der Waals surface area (Å²) in [5.41, 5.74) is 6.52. The second-order valence-electron chi connectivity index (χ2n) is 3.82. The number of hydrogen-bond acceptors (Lipinski definition) is 5. The molecule has 1 aromatic carbocycles. The highest BCUT2D eigenvalue weighted by atomic mass is 16.6. The van der Waals surface area contributed by atoms with E-state index in [1.807, 2.05) is 0 Å². The Morgan fingerprint density at radius 3 is 2.95 bits per heavy atom. The van der Waals surface area contributed by atoms with Gasteiger partial charge in [-0.15, -0.1) is 0 Å². The first-order valence-corrected chi connectivity index (χ1v) is 5.37. The zero-order valence-corrected chi connectivity index (χ0v) is 9.79. The maximum absolute atomic E-state index is 11.9. The highest BCUT2D eigenvalue weighted by Gasteiger charge is 2.15. The SMILES string of the molecule is Nc1ccc([N+](=O)[O-])cc1C(=O)NCc1cn[nH]c1. The van der Waals surface area contributed by atoms with E-state index in [9.17, 15) is 14.9 Å². The number of nitrogens with two attached hydrogens (primary N) is 1. The Kier molecular flexibility index (Phi) is 3.42. The van der Waals surface area contributed by atoms with Crippen molar-refractivity contribution in [1.29, 1.82) is 0 Å². The van der Waals surface area contributed by atoms with Crippen molar-refractivity contribution in [2.45, 2.75) is 6.54 Å². The van der Waals surface area contributed by atoms with Crippen LogP contribution in [-0.2, 0) is 6.54 Å². The monoisotopic (exact) mass is 261 g/mol. The summed E-state index contributed by atoms with van der Waals surface area (Å²) in [5, 5.41) is 19.6. The topological polar surface area (TPSA) is 127 Å². The molecule has 8 heteroatoms. The number of nitrogens with zero attached hydrogens (tertiary/aromatic N) is 2. The third kappa shape index (κ3) is 2.86. The number of benzene rings is 1. The number of amides is 1. The number of nitrogen functional groups attached to an aromatic ring is 1.